The minimum absolute atomic E-state index is 0.0532. The highest BCUT2D eigenvalue weighted by molar-refractivity contribution is 7.07. The molecule has 0 spiro atoms. The predicted molar refractivity (Wildman–Crippen MR) is 150 cm³/mol. The number of Topliss-reactive ketones (excluding diaryl/α,β-unsaturated/α-hetero) is 1. The Labute approximate surface area is 230 Å². The average Bonchev–Trinajstić information content (AvgIpc) is 3.42. The number of hydrogen-bond donors (Lipinski definition) is 0. The number of carbonyl (C=O) groups excluding carboxylic acids is 3. The Balaban J connectivity index is 2.28. The van der Waals surface area contributed by atoms with Crippen LogP contribution in [0.15, 0.2) is 29.1 Å². The standard InChI is InChI=1S/C30H42N2O5S/c1-18(2)14-30(27(35)37-29(7,8)9)15-21(19(3)33)25(23-16-38-17-31-23)32(30)26(34)20-11-12-22(28(4,5)6)24(13-20)36-10/h11-13,16-18,21,25H,14-15H2,1-10H3/t21-,25+,30-/m0/s1. The monoisotopic (exact) mass is 542 g/mol. The lowest BCUT2D eigenvalue weighted by Gasteiger charge is -2.41. The summed E-state index contributed by atoms with van der Waals surface area (Å²) >= 11 is 1.40. The van der Waals surface area contributed by atoms with Gasteiger partial charge in [-0.1, -0.05) is 40.7 Å². The largest absolute Gasteiger partial charge is 0.496 e. The minimum Gasteiger partial charge on any atom is -0.496 e. The van der Waals surface area contributed by atoms with Gasteiger partial charge in [-0.05, 0) is 69.6 Å². The van der Waals surface area contributed by atoms with Gasteiger partial charge in [0.15, 0.2) is 0 Å². The van der Waals surface area contributed by atoms with E-state index in [1.54, 1.807) is 29.7 Å². The number of ether oxygens (including phenoxy) is 2. The molecular formula is C30H42N2O5S. The van der Waals surface area contributed by atoms with Crippen LogP contribution < -0.4 is 4.74 Å². The van der Waals surface area contributed by atoms with Crippen LogP contribution in [0.5, 0.6) is 5.75 Å². The molecule has 1 aromatic carbocycles. The summed E-state index contributed by atoms with van der Waals surface area (Å²) in [6.45, 7) is 17.2. The summed E-state index contributed by atoms with van der Waals surface area (Å²) < 4.78 is 11.6. The first-order valence-electron chi connectivity index (χ1n) is 13.2. The Bertz CT molecular complexity index is 1180. The molecule has 3 rings (SSSR count). The highest BCUT2D eigenvalue weighted by Crippen LogP contribution is 2.51. The van der Waals surface area contributed by atoms with Crippen molar-refractivity contribution < 1.29 is 23.9 Å². The van der Waals surface area contributed by atoms with Gasteiger partial charge < -0.3 is 14.4 Å². The maximum absolute atomic E-state index is 14.5. The fourth-order valence-corrected chi connectivity index (χ4v) is 6.07. The van der Waals surface area contributed by atoms with Gasteiger partial charge in [-0.2, -0.15) is 0 Å². The summed E-state index contributed by atoms with van der Waals surface area (Å²) in [5.74, 6) is -0.870. The SMILES string of the molecule is COc1cc(C(=O)N2[C@@H](c3cscn3)[C@H](C(C)=O)C[C@@]2(CC(C)C)C(=O)OC(C)(C)C)ccc1C(C)(C)C. The Morgan fingerprint density at radius 1 is 1.16 bits per heavy atom. The highest BCUT2D eigenvalue weighted by atomic mass is 32.1. The first kappa shape index (κ1) is 29.8. The van der Waals surface area contributed by atoms with E-state index in [0.29, 0.717) is 23.4 Å². The number of thiazole rings is 1. The van der Waals surface area contributed by atoms with Gasteiger partial charge in [-0.25, -0.2) is 9.78 Å². The normalized spacial score (nSPS) is 22.0. The van der Waals surface area contributed by atoms with Crippen LogP contribution in [0.3, 0.4) is 0 Å². The Morgan fingerprint density at radius 2 is 1.82 bits per heavy atom. The van der Waals surface area contributed by atoms with E-state index in [9.17, 15) is 14.4 Å². The molecule has 1 saturated heterocycles. The number of rotatable bonds is 7. The van der Waals surface area contributed by atoms with Crippen molar-refractivity contribution in [1.82, 2.24) is 9.88 Å². The van der Waals surface area contributed by atoms with Crippen molar-refractivity contribution >= 4 is 29.0 Å². The van der Waals surface area contributed by atoms with Gasteiger partial charge in [0.25, 0.3) is 5.91 Å². The maximum Gasteiger partial charge on any atom is 0.332 e. The van der Waals surface area contributed by atoms with Crippen molar-refractivity contribution in [1.29, 1.82) is 0 Å². The van der Waals surface area contributed by atoms with E-state index in [4.69, 9.17) is 9.47 Å². The second-order valence-corrected chi connectivity index (χ2v) is 13.5. The number of hydrogen-bond acceptors (Lipinski definition) is 7. The molecule has 208 valence electrons. The fraction of sp³-hybridized carbons (Fsp3) is 0.600. The second kappa shape index (κ2) is 10.8. The van der Waals surface area contributed by atoms with Crippen LogP contribution in [0.25, 0.3) is 0 Å². The molecule has 1 fully saturated rings. The number of benzene rings is 1. The van der Waals surface area contributed by atoms with E-state index in [0.717, 1.165) is 5.56 Å². The van der Waals surface area contributed by atoms with Gasteiger partial charge >= 0.3 is 5.97 Å². The van der Waals surface area contributed by atoms with Crippen LogP contribution >= 0.6 is 11.3 Å². The lowest BCUT2D eigenvalue weighted by Crippen LogP contribution is -2.56. The van der Waals surface area contributed by atoms with Gasteiger partial charge in [0.2, 0.25) is 0 Å². The van der Waals surface area contributed by atoms with E-state index in [-0.39, 0.29) is 29.4 Å². The van der Waals surface area contributed by atoms with E-state index < -0.39 is 29.1 Å². The van der Waals surface area contributed by atoms with E-state index in [1.165, 1.54) is 18.3 Å². The van der Waals surface area contributed by atoms with Crippen LogP contribution in [0.4, 0.5) is 0 Å². The predicted octanol–water partition coefficient (Wildman–Crippen LogP) is 6.37. The third-order valence-electron chi connectivity index (χ3n) is 6.95. The first-order valence-corrected chi connectivity index (χ1v) is 14.1. The summed E-state index contributed by atoms with van der Waals surface area (Å²) in [4.78, 5) is 47.8. The lowest BCUT2D eigenvalue weighted by atomic mass is 9.82. The fourth-order valence-electron chi connectivity index (χ4n) is 5.49. The molecule has 7 nitrogen and oxygen atoms in total. The van der Waals surface area contributed by atoms with Crippen molar-refractivity contribution in [2.24, 2.45) is 11.8 Å². The molecule has 0 saturated carbocycles. The number of aromatic nitrogens is 1. The van der Waals surface area contributed by atoms with Crippen LogP contribution in [0.1, 0.15) is 103 Å². The number of carbonyl (C=O) groups is 3. The molecule has 1 aromatic heterocycles. The van der Waals surface area contributed by atoms with E-state index in [1.807, 2.05) is 46.1 Å². The topological polar surface area (TPSA) is 85.8 Å². The number of amides is 1. The van der Waals surface area contributed by atoms with Gasteiger partial charge in [-0.3, -0.25) is 9.59 Å². The smallest absolute Gasteiger partial charge is 0.332 e. The number of likely N-dealkylation sites (tertiary alicyclic amines) is 1. The number of esters is 1. The molecule has 8 heteroatoms. The van der Waals surface area contributed by atoms with E-state index in [2.05, 4.69) is 25.8 Å². The highest BCUT2D eigenvalue weighted by Gasteiger charge is 2.61. The number of nitrogens with zero attached hydrogens (tertiary/aromatic N) is 2. The van der Waals surface area contributed by atoms with Crippen LogP contribution in [-0.4, -0.2) is 45.8 Å². The summed E-state index contributed by atoms with van der Waals surface area (Å²) in [6.07, 6.45) is 0.538. The molecule has 38 heavy (non-hydrogen) atoms. The molecule has 0 unspecified atom stereocenters. The number of methoxy groups -OCH3 is 1. The van der Waals surface area contributed by atoms with Crippen LogP contribution in [0, 0.1) is 11.8 Å². The summed E-state index contributed by atoms with van der Waals surface area (Å²) in [5.41, 5.74) is 1.35. The van der Waals surface area contributed by atoms with Crippen molar-refractivity contribution in [3.05, 3.63) is 45.9 Å². The Kier molecular flexibility index (Phi) is 8.47. The second-order valence-electron chi connectivity index (χ2n) is 12.8. The third kappa shape index (κ3) is 5.95. The zero-order chi connectivity index (χ0) is 28.6. The molecule has 0 N–H and O–H groups in total. The summed E-state index contributed by atoms with van der Waals surface area (Å²) in [6, 6.07) is 4.72. The molecule has 1 aliphatic heterocycles. The number of ketones is 1. The Morgan fingerprint density at radius 3 is 2.29 bits per heavy atom. The lowest BCUT2D eigenvalue weighted by molar-refractivity contribution is -0.168. The van der Waals surface area contributed by atoms with Crippen molar-refractivity contribution in [2.45, 2.75) is 97.8 Å². The summed E-state index contributed by atoms with van der Waals surface area (Å²) in [5, 5.41) is 1.85. The first-order chi connectivity index (χ1) is 17.5. The average molecular weight is 543 g/mol. The zero-order valence-corrected chi connectivity index (χ0v) is 25.2. The van der Waals surface area contributed by atoms with Crippen molar-refractivity contribution in [3.63, 3.8) is 0 Å². The Hall–Kier alpha value is -2.74. The van der Waals surface area contributed by atoms with Gasteiger partial charge in [0, 0.05) is 16.9 Å². The van der Waals surface area contributed by atoms with Gasteiger partial charge in [-0.15, -0.1) is 11.3 Å². The third-order valence-corrected chi connectivity index (χ3v) is 7.56. The molecule has 2 aromatic rings. The van der Waals surface area contributed by atoms with E-state index >= 15 is 0 Å². The quantitative estimate of drug-likeness (QED) is 0.378. The summed E-state index contributed by atoms with van der Waals surface area (Å²) in [7, 11) is 1.59. The minimum atomic E-state index is -1.33. The molecule has 1 aliphatic rings. The molecular weight excluding hydrogens is 500 g/mol. The molecule has 2 heterocycles. The molecule has 3 atom stereocenters. The molecule has 0 aliphatic carbocycles. The van der Waals surface area contributed by atoms with Crippen LogP contribution in [0.2, 0.25) is 0 Å². The van der Waals surface area contributed by atoms with Crippen LogP contribution in [-0.2, 0) is 19.7 Å². The zero-order valence-electron chi connectivity index (χ0n) is 24.4. The van der Waals surface area contributed by atoms with Gasteiger partial charge in [0.1, 0.15) is 22.7 Å². The van der Waals surface area contributed by atoms with Crippen molar-refractivity contribution in [3.8, 4) is 5.75 Å². The van der Waals surface area contributed by atoms with Crippen molar-refractivity contribution in [2.75, 3.05) is 7.11 Å². The maximum atomic E-state index is 14.5. The molecule has 0 radical (unpaired) electrons. The molecule has 0 bridgehead atoms. The molecule has 1 amide bonds. The van der Waals surface area contributed by atoms with Gasteiger partial charge in [0.05, 0.1) is 24.4 Å².